The lowest BCUT2D eigenvalue weighted by molar-refractivity contribution is -0.102. The van der Waals surface area contributed by atoms with Gasteiger partial charge in [0.2, 0.25) is 0 Å². The first-order chi connectivity index (χ1) is 17.8. The number of tetrazole rings is 1. The van der Waals surface area contributed by atoms with Gasteiger partial charge >= 0.3 is 0 Å². The second-order valence-corrected chi connectivity index (χ2v) is 13.0. The molecule has 1 heterocycles. The van der Waals surface area contributed by atoms with Crippen molar-refractivity contribution in [1.82, 2.24) is 20.6 Å². The average molecular weight is 520 g/mol. The molecular weight excluding hydrogens is 482 g/mol. The summed E-state index contributed by atoms with van der Waals surface area (Å²) >= 11 is 0. The Labute approximate surface area is 220 Å². The minimum Gasteiger partial charge on any atom is -0.263 e. The Morgan fingerprint density at radius 1 is 1.05 bits per heavy atom. The molecule has 3 fully saturated rings. The average Bonchev–Trinajstić information content (AvgIpc) is 3.42. The summed E-state index contributed by atoms with van der Waals surface area (Å²) < 4.78 is 30.3. The molecule has 7 nitrogen and oxygen atoms in total. The molecule has 0 saturated heterocycles. The van der Waals surface area contributed by atoms with E-state index < -0.39 is 10.0 Å². The normalized spacial score (nSPS) is 24.6. The van der Waals surface area contributed by atoms with E-state index in [-0.39, 0.29) is 17.4 Å². The topological polar surface area (TPSA) is 91.8 Å². The molecule has 3 aromatic rings. The minimum atomic E-state index is -3.74. The van der Waals surface area contributed by atoms with Crippen LogP contribution in [-0.2, 0) is 16.4 Å². The Balaban J connectivity index is 1.43. The monoisotopic (exact) mass is 519 g/mol. The lowest BCUT2D eigenvalue weighted by Gasteiger charge is -2.64. The number of sulfonamides is 1. The Morgan fingerprint density at radius 3 is 2.49 bits per heavy atom. The predicted octanol–water partition coefficient (Wildman–Crippen LogP) is 5.72. The molecule has 8 heteroatoms. The van der Waals surface area contributed by atoms with Crippen LogP contribution in [-0.4, -0.2) is 35.1 Å². The van der Waals surface area contributed by atoms with Gasteiger partial charge in [-0.15, -0.1) is 10.2 Å². The van der Waals surface area contributed by atoms with Crippen molar-refractivity contribution in [2.24, 2.45) is 23.2 Å². The first-order valence-corrected chi connectivity index (χ1v) is 14.8. The van der Waals surface area contributed by atoms with Crippen LogP contribution < -0.4 is 4.31 Å². The van der Waals surface area contributed by atoms with Gasteiger partial charge in [-0.05, 0) is 86.5 Å². The Hall–Kier alpha value is -3.00. The zero-order valence-corrected chi connectivity index (χ0v) is 22.7. The molecule has 0 amide bonds. The van der Waals surface area contributed by atoms with Gasteiger partial charge in [0, 0.05) is 6.42 Å². The number of rotatable bonds is 10. The first-order valence-electron chi connectivity index (χ1n) is 13.3. The van der Waals surface area contributed by atoms with Crippen LogP contribution in [0, 0.1) is 30.1 Å². The third-order valence-corrected chi connectivity index (χ3v) is 10.5. The highest BCUT2D eigenvalue weighted by molar-refractivity contribution is 7.92. The molecular formula is C29H37N5O2S. The molecule has 2 aromatic carbocycles. The van der Waals surface area contributed by atoms with Crippen molar-refractivity contribution in [2.75, 3.05) is 4.31 Å². The number of unbranched alkanes of at least 4 members (excludes halogenated alkanes) is 1. The summed E-state index contributed by atoms with van der Waals surface area (Å²) in [5.41, 5.74) is 2.01. The van der Waals surface area contributed by atoms with Gasteiger partial charge in [-0.25, -0.2) is 8.42 Å². The second kappa shape index (κ2) is 10.4. The number of aromatic amines is 1. The molecule has 196 valence electrons. The number of aryl methyl sites for hydroxylation is 2. The quantitative estimate of drug-likeness (QED) is 0.273. The summed E-state index contributed by atoms with van der Waals surface area (Å²) in [6.07, 6.45) is 10.2. The van der Waals surface area contributed by atoms with Crippen LogP contribution in [0.1, 0.15) is 57.3 Å². The number of aromatic nitrogens is 4. The van der Waals surface area contributed by atoms with Gasteiger partial charge in [0.25, 0.3) is 10.0 Å². The van der Waals surface area contributed by atoms with Crippen molar-refractivity contribution < 1.29 is 8.42 Å². The molecule has 0 aliphatic heterocycles. The van der Waals surface area contributed by atoms with Crippen molar-refractivity contribution in [3.8, 4) is 0 Å². The number of anilines is 1. The number of nitrogens with one attached hydrogen (secondary N) is 1. The number of fused-ring (bicyclic) bond motifs is 2. The summed E-state index contributed by atoms with van der Waals surface area (Å²) in [5.74, 6) is 1.97. The predicted molar refractivity (Wildman–Crippen MR) is 145 cm³/mol. The zero-order chi connectivity index (χ0) is 26.0. The number of nitrogens with zero attached hydrogens (tertiary/aromatic N) is 4. The molecule has 1 aromatic heterocycles. The van der Waals surface area contributed by atoms with E-state index >= 15 is 0 Å². The number of hydrogen-bond donors (Lipinski definition) is 1. The summed E-state index contributed by atoms with van der Waals surface area (Å²) in [5, 5.41) is 14.1. The van der Waals surface area contributed by atoms with Crippen molar-refractivity contribution in [1.29, 1.82) is 0 Å². The van der Waals surface area contributed by atoms with Crippen LogP contribution in [0.3, 0.4) is 0 Å². The van der Waals surface area contributed by atoms with E-state index in [4.69, 9.17) is 0 Å². The van der Waals surface area contributed by atoms with E-state index in [2.05, 4.69) is 46.6 Å². The van der Waals surface area contributed by atoms with Gasteiger partial charge in [-0.3, -0.25) is 4.31 Å². The van der Waals surface area contributed by atoms with Gasteiger partial charge in [-0.2, -0.15) is 5.21 Å². The third-order valence-electron chi connectivity index (χ3n) is 8.65. The number of allylic oxidation sites excluding steroid dienone is 2. The van der Waals surface area contributed by atoms with Gasteiger partial charge in [-0.1, -0.05) is 67.1 Å². The maximum Gasteiger partial charge on any atom is 0.264 e. The lowest BCUT2D eigenvalue weighted by Crippen LogP contribution is -2.64. The fourth-order valence-electron chi connectivity index (χ4n) is 6.38. The van der Waals surface area contributed by atoms with Gasteiger partial charge in [0.15, 0.2) is 5.82 Å². The Morgan fingerprint density at radius 2 is 1.81 bits per heavy atom. The zero-order valence-electron chi connectivity index (χ0n) is 21.9. The molecule has 3 saturated carbocycles. The molecule has 4 atom stereocenters. The van der Waals surface area contributed by atoms with Crippen LogP contribution in [0.25, 0.3) is 0 Å². The summed E-state index contributed by atoms with van der Waals surface area (Å²) in [4.78, 5) is 0.352. The summed E-state index contributed by atoms with van der Waals surface area (Å²) in [6, 6.07) is 16.8. The van der Waals surface area contributed by atoms with Crippen molar-refractivity contribution in [3.63, 3.8) is 0 Å². The Kier molecular flexibility index (Phi) is 7.21. The van der Waals surface area contributed by atoms with E-state index in [1.54, 1.807) is 28.6 Å². The summed E-state index contributed by atoms with van der Waals surface area (Å²) in [6.45, 7) is 6.68. The molecule has 37 heavy (non-hydrogen) atoms. The molecule has 3 aliphatic rings. The van der Waals surface area contributed by atoms with E-state index in [1.807, 2.05) is 37.3 Å². The second-order valence-electron chi connectivity index (χ2n) is 11.2. The van der Waals surface area contributed by atoms with E-state index in [9.17, 15) is 8.42 Å². The van der Waals surface area contributed by atoms with Crippen LogP contribution in [0.4, 0.5) is 5.69 Å². The van der Waals surface area contributed by atoms with Crippen LogP contribution >= 0.6 is 0 Å². The SMILES string of the molecule is Cc1ccc(N([C@@H]2[C@@H](C/C=C\CCCc3nn[nH]n3)C[C@H]3C[C@H]2C3(C)C)S(=O)(=O)c2ccccc2)cc1. The maximum atomic E-state index is 14.3. The molecule has 0 radical (unpaired) electrons. The van der Waals surface area contributed by atoms with Gasteiger partial charge in [0.1, 0.15) is 0 Å². The maximum absolute atomic E-state index is 14.3. The highest BCUT2D eigenvalue weighted by Gasteiger charge is 2.60. The molecule has 6 rings (SSSR count). The fourth-order valence-corrected chi connectivity index (χ4v) is 8.15. The van der Waals surface area contributed by atoms with Crippen molar-refractivity contribution in [3.05, 3.63) is 78.1 Å². The number of benzene rings is 2. The van der Waals surface area contributed by atoms with E-state index in [0.717, 1.165) is 55.6 Å². The van der Waals surface area contributed by atoms with Crippen LogP contribution in [0.5, 0.6) is 0 Å². The van der Waals surface area contributed by atoms with E-state index in [0.29, 0.717) is 16.7 Å². The van der Waals surface area contributed by atoms with Crippen molar-refractivity contribution >= 4 is 15.7 Å². The Bertz CT molecular complexity index is 1300. The molecule has 0 spiro atoms. The number of hydrogen-bond acceptors (Lipinski definition) is 5. The number of H-pyrrole nitrogens is 1. The lowest BCUT2D eigenvalue weighted by atomic mass is 9.44. The van der Waals surface area contributed by atoms with E-state index in [1.165, 1.54) is 0 Å². The minimum absolute atomic E-state index is 0.0862. The van der Waals surface area contributed by atoms with Crippen LogP contribution in [0.15, 0.2) is 71.6 Å². The highest BCUT2D eigenvalue weighted by atomic mass is 32.2. The molecule has 1 N–H and O–H groups in total. The molecule has 2 bridgehead atoms. The van der Waals surface area contributed by atoms with Gasteiger partial charge in [0.05, 0.1) is 16.6 Å². The molecule has 0 unspecified atom stereocenters. The largest absolute Gasteiger partial charge is 0.264 e. The third kappa shape index (κ3) is 5.08. The van der Waals surface area contributed by atoms with Crippen molar-refractivity contribution in [2.45, 2.75) is 70.2 Å². The standard InChI is InChI=1S/C29H37N5O2S/c1-21-15-17-24(18-16-21)34(37(35,36)25-12-8-6-9-13-25)28-22(19-23-20-26(28)29(23,2)3)11-7-4-5-10-14-27-30-32-33-31-27/h4,6-9,12-13,15-18,22-23,26,28H,5,10-11,14,19-20H2,1-3H3,(H,30,31,32,33)/b7-4-/t22-,23-,26+,28+/m0/s1. The smallest absolute Gasteiger partial charge is 0.263 e. The highest BCUT2D eigenvalue weighted by Crippen LogP contribution is 2.63. The van der Waals surface area contributed by atoms with Gasteiger partial charge < -0.3 is 0 Å². The summed E-state index contributed by atoms with van der Waals surface area (Å²) in [7, 11) is -3.74. The fraction of sp³-hybridized carbons (Fsp3) is 0.483. The van der Waals surface area contributed by atoms with Crippen LogP contribution in [0.2, 0.25) is 0 Å². The molecule has 3 aliphatic carbocycles. The first kappa shape index (κ1) is 25.6.